The first-order chi connectivity index (χ1) is 7.46. The second kappa shape index (κ2) is 5.41. The van der Waals surface area contributed by atoms with Crippen molar-refractivity contribution in [3.8, 4) is 0 Å². The molecule has 16 heavy (non-hydrogen) atoms. The molecule has 1 aliphatic heterocycles. The zero-order valence-corrected chi connectivity index (χ0v) is 9.86. The summed E-state index contributed by atoms with van der Waals surface area (Å²) in [6.07, 6.45) is 1.46. The first-order valence-electron chi connectivity index (χ1n) is 5.48. The number of morpholine rings is 1. The van der Waals surface area contributed by atoms with Crippen molar-refractivity contribution >= 4 is 11.8 Å². The van der Waals surface area contributed by atoms with Gasteiger partial charge in [-0.2, -0.15) is 0 Å². The molecule has 0 unspecified atom stereocenters. The molecule has 0 bridgehead atoms. The molecule has 0 spiro atoms. The van der Waals surface area contributed by atoms with Crippen molar-refractivity contribution in [1.82, 2.24) is 4.90 Å². The molecule has 0 aromatic heterocycles. The average molecular weight is 229 g/mol. The van der Waals surface area contributed by atoms with E-state index in [-0.39, 0.29) is 37.0 Å². The van der Waals surface area contributed by atoms with E-state index in [4.69, 9.17) is 9.84 Å². The van der Waals surface area contributed by atoms with Gasteiger partial charge in [0.25, 0.3) is 11.8 Å². The van der Waals surface area contributed by atoms with Crippen molar-refractivity contribution in [2.24, 2.45) is 5.41 Å². The highest BCUT2D eigenvalue weighted by Crippen LogP contribution is 2.24. The van der Waals surface area contributed by atoms with E-state index in [2.05, 4.69) is 0 Å². The SMILES string of the molecule is CC(C)(CCCO)CN1C(=O)COCC1=O. The molecule has 2 amide bonds. The fourth-order valence-electron chi connectivity index (χ4n) is 1.76. The van der Waals surface area contributed by atoms with Gasteiger partial charge >= 0.3 is 0 Å². The molecule has 1 fully saturated rings. The van der Waals surface area contributed by atoms with E-state index >= 15 is 0 Å². The quantitative estimate of drug-likeness (QED) is 0.682. The van der Waals surface area contributed by atoms with Crippen molar-refractivity contribution in [3.63, 3.8) is 0 Å². The minimum atomic E-state index is -0.270. The molecule has 0 aromatic carbocycles. The van der Waals surface area contributed by atoms with E-state index in [0.29, 0.717) is 13.0 Å². The minimum Gasteiger partial charge on any atom is -0.396 e. The Hall–Kier alpha value is -0.940. The molecule has 0 atom stereocenters. The van der Waals surface area contributed by atoms with E-state index in [1.807, 2.05) is 13.8 Å². The van der Waals surface area contributed by atoms with Crippen molar-refractivity contribution < 1.29 is 19.4 Å². The number of ether oxygens (including phenoxy) is 1. The van der Waals surface area contributed by atoms with Gasteiger partial charge in [0.15, 0.2) is 0 Å². The summed E-state index contributed by atoms with van der Waals surface area (Å²) in [5.74, 6) is -0.540. The number of rotatable bonds is 5. The minimum absolute atomic E-state index is 0.0121. The lowest BCUT2D eigenvalue weighted by Gasteiger charge is -2.33. The molecule has 0 saturated carbocycles. The van der Waals surface area contributed by atoms with E-state index in [1.165, 1.54) is 4.90 Å². The highest BCUT2D eigenvalue weighted by atomic mass is 16.5. The fourth-order valence-corrected chi connectivity index (χ4v) is 1.76. The van der Waals surface area contributed by atoms with Crippen LogP contribution in [0.15, 0.2) is 0 Å². The number of carbonyl (C=O) groups is 2. The van der Waals surface area contributed by atoms with Gasteiger partial charge < -0.3 is 9.84 Å². The van der Waals surface area contributed by atoms with Crippen LogP contribution in [0.1, 0.15) is 26.7 Å². The molecule has 5 nitrogen and oxygen atoms in total. The lowest BCUT2D eigenvalue weighted by molar-refractivity contribution is -0.160. The van der Waals surface area contributed by atoms with Crippen LogP contribution in [-0.4, -0.2) is 48.2 Å². The molecule has 0 aromatic rings. The Morgan fingerprint density at radius 3 is 2.38 bits per heavy atom. The van der Waals surface area contributed by atoms with Crippen LogP contribution in [0.3, 0.4) is 0 Å². The molecule has 1 aliphatic rings. The Bertz CT molecular complexity index is 259. The summed E-state index contributed by atoms with van der Waals surface area (Å²) >= 11 is 0. The van der Waals surface area contributed by atoms with Crippen LogP contribution >= 0.6 is 0 Å². The van der Waals surface area contributed by atoms with E-state index in [1.54, 1.807) is 0 Å². The summed E-state index contributed by atoms with van der Waals surface area (Å²) in [5, 5.41) is 8.77. The highest BCUT2D eigenvalue weighted by molar-refractivity contribution is 5.98. The van der Waals surface area contributed by atoms with E-state index in [9.17, 15) is 9.59 Å². The number of hydrogen-bond acceptors (Lipinski definition) is 4. The first-order valence-corrected chi connectivity index (χ1v) is 5.48. The van der Waals surface area contributed by atoms with E-state index < -0.39 is 0 Å². The number of aliphatic hydroxyl groups excluding tert-OH is 1. The number of imide groups is 1. The smallest absolute Gasteiger partial charge is 0.255 e. The maximum absolute atomic E-state index is 11.5. The molecule has 0 aliphatic carbocycles. The largest absolute Gasteiger partial charge is 0.396 e. The van der Waals surface area contributed by atoms with Gasteiger partial charge in [-0.3, -0.25) is 14.5 Å². The number of carbonyl (C=O) groups excluding carboxylic acids is 2. The second-order valence-corrected chi connectivity index (χ2v) is 4.86. The van der Waals surface area contributed by atoms with Crippen LogP contribution in [0.5, 0.6) is 0 Å². The zero-order chi connectivity index (χ0) is 12.2. The lowest BCUT2D eigenvalue weighted by atomic mass is 9.87. The normalized spacial score (nSPS) is 18.1. The molecular weight excluding hydrogens is 210 g/mol. The summed E-state index contributed by atoms with van der Waals surface area (Å²) in [7, 11) is 0. The van der Waals surface area contributed by atoms with Crippen LogP contribution < -0.4 is 0 Å². The van der Waals surface area contributed by atoms with Gasteiger partial charge in [0, 0.05) is 13.2 Å². The zero-order valence-electron chi connectivity index (χ0n) is 9.86. The molecular formula is C11H19NO4. The van der Waals surface area contributed by atoms with Crippen molar-refractivity contribution in [1.29, 1.82) is 0 Å². The third kappa shape index (κ3) is 3.57. The Balaban J connectivity index is 2.56. The molecule has 0 radical (unpaired) electrons. The summed E-state index contributed by atoms with van der Waals surface area (Å²) in [6, 6.07) is 0. The van der Waals surface area contributed by atoms with Gasteiger partial charge in [-0.1, -0.05) is 13.8 Å². The molecule has 1 saturated heterocycles. The molecule has 92 valence electrons. The number of aliphatic hydroxyl groups is 1. The summed E-state index contributed by atoms with van der Waals surface area (Å²) < 4.78 is 4.84. The topological polar surface area (TPSA) is 66.8 Å². The van der Waals surface area contributed by atoms with Crippen molar-refractivity contribution in [3.05, 3.63) is 0 Å². The van der Waals surface area contributed by atoms with Gasteiger partial charge in [-0.25, -0.2) is 0 Å². The standard InChI is InChI=1S/C11H19NO4/c1-11(2,4-3-5-13)8-12-9(14)6-16-7-10(12)15/h13H,3-8H2,1-2H3. The monoisotopic (exact) mass is 229 g/mol. The predicted molar refractivity (Wildman–Crippen MR) is 57.6 cm³/mol. The van der Waals surface area contributed by atoms with Crippen LogP contribution in [0, 0.1) is 5.41 Å². The number of hydrogen-bond donors (Lipinski definition) is 1. The number of nitrogens with zero attached hydrogens (tertiary/aromatic N) is 1. The highest BCUT2D eigenvalue weighted by Gasteiger charge is 2.31. The van der Waals surface area contributed by atoms with Crippen LogP contribution in [0.2, 0.25) is 0 Å². The van der Waals surface area contributed by atoms with Gasteiger partial charge in [-0.15, -0.1) is 0 Å². The third-order valence-electron chi connectivity index (χ3n) is 2.65. The Morgan fingerprint density at radius 2 is 1.88 bits per heavy atom. The summed E-state index contributed by atoms with van der Waals surface area (Å²) in [4.78, 5) is 24.2. The maximum Gasteiger partial charge on any atom is 0.255 e. The Labute approximate surface area is 95.4 Å². The lowest BCUT2D eigenvalue weighted by Crippen LogP contribution is -2.49. The van der Waals surface area contributed by atoms with Crippen molar-refractivity contribution in [2.75, 3.05) is 26.4 Å². The van der Waals surface area contributed by atoms with Crippen LogP contribution in [0.25, 0.3) is 0 Å². The van der Waals surface area contributed by atoms with Gasteiger partial charge in [0.1, 0.15) is 13.2 Å². The average Bonchev–Trinajstić information content (AvgIpc) is 2.21. The fraction of sp³-hybridized carbons (Fsp3) is 0.818. The van der Waals surface area contributed by atoms with Gasteiger partial charge in [-0.05, 0) is 18.3 Å². The van der Waals surface area contributed by atoms with Crippen molar-refractivity contribution in [2.45, 2.75) is 26.7 Å². The third-order valence-corrected chi connectivity index (χ3v) is 2.65. The molecule has 1 N–H and O–H groups in total. The molecule has 5 heteroatoms. The van der Waals surface area contributed by atoms with Crippen LogP contribution in [-0.2, 0) is 14.3 Å². The first kappa shape index (κ1) is 13.1. The second-order valence-electron chi connectivity index (χ2n) is 4.86. The predicted octanol–water partition coefficient (Wildman–Crippen LogP) is 0.170. The number of amides is 2. The van der Waals surface area contributed by atoms with Crippen LogP contribution in [0.4, 0.5) is 0 Å². The Kier molecular flexibility index (Phi) is 4.44. The summed E-state index contributed by atoms with van der Waals surface area (Å²) in [5.41, 5.74) is -0.161. The van der Waals surface area contributed by atoms with Gasteiger partial charge in [0.05, 0.1) is 0 Å². The molecule has 1 heterocycles. The van der Waals surface area contributed by atoms with Gasteiger partial charge in [0.2, 0.25) is 0 Å². The summed E-state index contributed by atoms with van der Waals surface area (Å²) in [6.45, 7) is 4.48. The van der Waals surface area contributed by atoms with E-state index in [0.717, 1.165) is 6.42 Å². The maximum atomic E-state index is 11.5. The Morgan fingerprint density at radius 1 is 1.31 bits per heavy atom. The molecule has 1 rings (SSSR count).